The van der Waals surface area contributed by atoms with Gasteiger partial charge in [0.1, 0.15) is 5.76 Å². The summed E-state index contributed by atoms with van der Waals surface area (Å²) in [5, 5.41) is 9.83. The minimum atomic E-state index is 0.0242. The van der Waals surface area contributed by atoms with Crippen LogP contribution in [0, 0.1) is 11.8 Å². The molecule has 0 radical (unpaired) electrons. The monoisotopic (exact) mass is 198 g/mol. The second kappa shape index (κ2) is 4.18. The van der Waals surface area contributed by atoms with Crippen molar-refractivity contribution in [1.82, 2.24) is 0 Å². The van der Waals surface area contributed by atoms with Crippen LogP contribution in [0.4, 0.5) is 0 Å². The standard InChI is InChI=1S/C14H14O/c1-11(12-6-2-3-7-12)10-14(15)13-8-4-5-9-13/h2-10,12-13,15H,1H2/b14-10-. The molecule has 0 aliphatic heterocycles. The molecule has 2 rings (SSSR count). The molecule has 0 spiro atoms. The quantitative estimate of drug-likeness (QED) is 0.544. The molecule has 15 heavy (non-hydrogen) atoms. The van der Waals surface area contributed by atoms with Gasteiger partial charge in [0.15, 0.2) is 0 Å². The largest absolute Gasteiger partial charge is 0.511 e. The van der Waals surface area contributed by atoms with E-state index in [4.69, 9.17) is 0 Å². The number of allylic oxidation sites excluding steroid dienone is 9. The van der Waals surface area contributed by atoms with E-state index < -0.39 is 0 Å². The van der Waals surface area contributed by atoms with Crippen molar-refractivity contribution in [3.05, 3.63) is 72.6 Å². The first-order chi connectivity index (χ1) is 7.27. The highest BCUT2D eigenvalue weighted by Gasteiger charge is 2.11. The molecule has 0 amide bonds. The van der Waals surface area contributed by atoms with Crippen molar-refractivity contribution >= 4 is 0 Å². The van der Waals surface area contributed by atoms with Gasteiger partial charge < -0.3 is 5.11 Å². The Labute approximate surface area is 90.1 Å². The summed E-state index contributed by atoms with van der Waals surface area (Å²) in [7, 11) is 0. The van der Waals surface area contributed by atoms with Crippen LogP contribution in [0.25, 0.3) is 0 Å². The Balaban J connectivity index is 2.05. The molecular formula is C14H14O. The van der Waals surface area contributed by atoms with Crippen LogP contribution in [0.3, 0.4) is 0 Å². The van der Waals surface area contributed by atoms with Crippen LogP contribution < -0.4 is 0 Å². The van der Waals surface area contributed by atoms with E-state index >= 15 is 0 Å². The average molecular weight is 198 g/mol. The summed E-state index contributed by atoms with van der Waals surface area (Å²) in [5.41, 5.74) is 0.922. The fraction of sp³-hybridized carbons (Fsp3) is 0.143. The third kappa shape index (κ3) is 2.18. The topological polar surface area (TPSA) is 20.2 Å². The Bertz CT molecular complexity index is 381. The zero-order valence-electron chi connectivity index (χ0n) is 8.51. The van der Waals surface area contributed by atoms with E-state index in [1.165, 1.54) is 0 Å². The van der Waals surface area contributed by atoms with Gasteiger partial charge in [-0.1, -0.05) is 55.2 Å². The van der Waals surface area contributed by atoms with Crippen LogP contribution in [0.1, 0.15) is 0 Å². The summed E-state index contributed by atoms with van der Waals surface area (Å²) >= 11 is 0. The zero-order chi connectivity index (χ0) is 10.7. The van der Waals surface area contributed by atoms with E-state index in [1.54, 1.807) is 6.08 Å². The van der Waals surface area contributed by atoms with E-state index in [0.29, 0.717) is 5.76 Å². The molecule has 0 unspecified atom stereocenters. The predicted molar refractivity (Wildman–Crippen MR) is 63.4 cm³/mol. The molecule has 0 saturated carbocycles. The van der Waals surface area contributed by atoms with Gasteiger partial charge in [-0.3, -0.25) is 0 Å². The first-order valence-corrected chi connectivity index (χ1v) is 5.07. The van der Waals surface area contributed by atoms with Gasteiger partial charge in [-0.2, -0.15) is 0 Å². The molecule has 1 heteroatoms. The lowest BCUT2D eigenvalue weighted by Gasteiger charge is -2.08. The molecule has 2 aliphatic rings. The summed E-state index contributed by atoms with van der Waals surface area (Å²) in [4.78, 5) is 0. The van der Waals surface area contributed by atoms with Crippen LogP contribution in [0.15, 0.2) is 72.6 Å². The van der Waals surface area contributed by atoms with E-state index in [9.17, 15) is 5.11 Å². The molecule has 0 heterocycles. The van der Waals surface area contributed by atoms with E-state index in [1.807, 2.05) is 36.5 Å². The van der Waals surface area contributed by atoms with Crippen LogP contribution >= 0.6 is 0 Å². The minimum Gasteiger partial charge on any atom is -0.511 e. The molecule has 0 atom stereocenters. The molecule has 0 aromatic carbocycles. The van der Waals surface area contributed by atoms with Crippen molar-refractivity contribution in [1.29, 1.82) is 0 Å². The maximum atomic E-state index is 9.83. The molecule has 1 N–H and O–H groups in total. The Kier molecular flexibility index (Phi) is 2.72. The van der Waals surface area contributed by atoms with Crippen LogP contribution in [0.2, 0.25) is 0 Å². The highest BCUT2D eigenvalue weighted by molar-refractivity contribution is 5.36. The zero-order valence-corrected chi connectivity index (χ0v) is 8.51. The van der Waals surface area contributed by atoms with Gasteiger partial charge in [-0.25, -0.2) is 0 Å². The maximum absolute atomic E-state index is 9.83. The molecular weight excluding hydrogens is 184 g/mol. The lowest BCUT2D eigenvalue weighted by molar-refractivity contribution is 0.377. The fourth-order valence-electron chi connectivity index (χ4n) is 1.69. The van der Waals surface area contributed by atoms with Crippen molar-refractivity contribution in [2.75, 3.05) is 0 Å². The number of rotatable bonds is 3. The van der Waals surface area contributed by atoms with Crippen LogP contribution in [-0.2, 0) is 0 Å². The van der Waals surface area contributed by atoms with Gasteiger partial charge in [-0.15, -0.1) is 0 Å². The van der Waals surface area contributed by atoms with E-state index in [2.05, 4.69) is 18.7 Å². The van der Waals surface area contributed by atoms with Gasteiger partial charge in [0.05, 0.1) is 5.92 Å². The van der Waals surface area contributed by atoms with Gasteiger partial charge in [0.2, 0.25) is 0 Å². The summed E-state index contributed by atoms with van der Waals surface area (Å²) in [5.74, 6) is 0.622. The summed E-state index contributed by atoms with van der Waals surface area (Å²) < 4.78 is 0. The smallest absolute Gasteiger partial charge is 0.103 e. The average Bonchev–Trinajstić information content (AvgIpc) is 2.91. The summed E-state index contributed by atoms with van der Waals surface area (Å²) in [6.45, 7) is 3.96. The minimum absolute atomic E-state index is 0.0242. The van der Waals surface area contributed by atoms with E-state index in [0.717, 1.165) is 5.57 Å². The van der Waals surface area contributed by atoms with Crippen molar-refractivity contribution in [3.8, 4) is 0 Å². The Morgan fingerprint density at radius 1 is 0.933 bits per heavy atom. The molecule has 1 nitrogen and oxygen atoms in total. The number of aliphatic hydroxyl groups is 1. The highest BCUT2D eigenvalue weighted by atomic mass is 16.3. The van der Waals surface area contributed by atoms with Gasteiger partial charge in [-0.05, 0) is 11.6 Å². The first-order valence-electron chi connectivity index (χ1n) is 5.07. The van der Waals surface area contributed by atoms with Crippen molar-refractivity contribution in [2.24, 2.45) is 11.8 Å². The summed E-state index contributed by atoms with van der Waals surface area (Å²) in [6, 6.07) is 0. The SMILES string of the molecule is C=C(/C=C(\O)C1C=CC=C1)C1C=CC=C1. The Morgan fingerprint density at radius 2 is 1.40 bits per heavy atom. The van der Waals surface area contributed by atoms with Crippen molar-refractivity contribution in [2.45, 2.75) is 0 Å². The predicted octanol–water partition coefficient (Wildman–Crippen LogP) is 3.47. The van der Waals surface area contributed by atoms with Crippen LogP contribution in [0.5, 0.6) is 0 Å². The summed E-state index contributed by atoms with van der Waals surface area (Å²) in [6.07, 6.45) is 17.7. The number of hydrogen-bond acceptors (Lipinski definition) is 1. The van der Waals surface area contributed by atoms with Gasteiger partial charge in [0.25, 0.3) is 0 Å². The Morgan fingerprint density at radius 3 is 1.93 bits per heavy atom. The lowest BCUT2D eigenvalue weighted by atomic mass is 9.99. The second-order valence-electron chi connectivity index (χ2n) is 3.74. The molecule has 0 aromatic heterocycles. The second-order valence-corrected chi connectivity index (χ2v) is 3.74. The Hall–Kier alpha value is -1.76. The molecule has 0 aromatic rings. The number of aliphatic hydroxyl groups excluding tert-OH is 1. The maximum Gasteiger partial charge on any atom is 0.103 e. The van der Waals surface area contributed by atoms with Crippen molar-refractivity contribution < 1.29 is 5.11 Å². The van der Waals surface area contributed by atoms with Gasteiger partial charge >= 0.3 is 0 Å². The lowest BCUT2D eigenvalue weighted by Crippen LogP contribution is -1.98. The van der Waals surface area contributed by atoms with E-state index in [-0.39, 0.29) is 11.8 Å². The van der Waals surface area contributed by atoms with Gasteiger partial charge in [0, 0.05) is 5.92 Å². The number of hydrogen-bond donors (Lipinski definition) is 1. The molecule has 0 fully saturated rings. The molecule has 2 aliphatic carbocycles. The molecule has 0 saturated heterocycles. The fourth-order valence-corrected chi connectivity index (χ4v) is 1.69. The third-order valence-electron chi connectivity index (χ3n) is 2.60. The van der Waals surface area contributed by atoms with Crippen LogP contribution in [-0.4, -0.2) is 5.11 Å². The normalized spacial score (nSPS) is 20.7. The third-order valence-corrected chi connectivity index (χ3v) is 2.60. The highest BCUT2D eigenvalue weighted by Crippen LogP contribution is 2.23. The molecule has 76 valence electrons. The molecule has 0 bridgehead atoms. The first kappa shape index (κ1) is 9.78. The van der Waals surface area contributed by atoms with Crippen molar-refractivity contribution in [3.63, 3.8) is 0 Å².